The minimum Gasteiger partial charge on any atom is -0.508 e. The summed E-state index contributed by atoms with van der Waals surface area (Å²) in [5, 5.41) is 20.6. The standard InChI is InChI=1S/C32H35N7O3.C7H6N4O/c1-22-16-24(31(41)39-21-26-19-34-36(2)30(26)35-28-8-3-4-9-29(28)39)10-11-25(22)18-33-32(42)38-14-12-37(13-15-38)20-23-6-5-7-27(40)17-23;12-7(10-3-1-8-5-10)11-4-2-9-6-11/h3-11,16-17,19,35,40H,12-15,18,20-21H2,1-2H3,(H,33,42);1-6H. The van der Waals surface area contributed by atoms with Gasteiger partial charge in [0.1, 0.15) is 24.2 Å². The summed E-state index contributed by atoms with van der Waals surface area (Å²) >= 11 is 0. The maximum absolute atomic E-state index is 13.8. The predicted octanol–water partition coefficient (Wildman–Crippen LogP) is 4.96. The van der Waals surface area contributed by atoms with Gasteiger partial charge in [-0.25, -0.2) is 19.6 Å². The molecule has 1 fully saturated rings. The second-order valence-electron chi connectivity index (χ2n) is 13.1. The van der Waals surface area contributed by atoms with E-state index in [1.165, 1.54) is 21.8 Å². The number of carbonyl (C=O) groups is 3. The Morgan fingerprint density at radius 3 is 2.31 bits per heavy atom. The largest absolute Gasteiger partial charge is 0.508 e. The molecule has 6 aromatic rings. The number of amides is 3. The number of anilines is 3. The van der Waals surface area contributed by atoms with Gasteiger partial charge in [0.25, 0.3) is 5.91 Å². The van der Waals surface area contributed by atoms with Crippen LogP contribution in [0.25, 0.3) is 0 Å². The molecule has 5 heterocycles. The number of imidazole rings is 2. The van der Waals surface area contributed by atoms with Crippen molar-refractivity contribution in [2.75, 3.05) is 36.4 Å². The molecular formula is C39H41N11O4. The van der Waals surface area contributed by atoms with Gasteiger partial charge in [-0.3, -0.25) is 23.5 Å². The summed E-state index contributed by atoms with van der Waals surface area (Å²) in [6.45, 7) is 6.34. The van der Waals surface area contributed by atoms with Gasteiger partial charge in [-0.05, 0) is 60.0 Å². The zero-order valence-corrected chi connectivity index (χ0v) is 30.0. The number of phenolic OH excluding ortho intramolecular Hbond substituents is 1. The molecule has 0 unspecified atom stereocenters. The van der Waals surface area contributed by atoms with Crippen LogP contribution in [0.15, 0.2) is 110 Å². The number of piperazine rings is 1. The first kappa shape index (κ1) is 35.7. The summed E-state index contributed by atoms with van der Waals surface area (Å²) in [6, 6.07) is 20.5. The van der Waals surface area contributed by atoms with Crippen molar-refractivity contribution >= 4 is 35.2 Å². The van der Waals surface area contributed by atoms with Crippen molar-refractivity contribution in [2.24, 2.45) is 7.05 Å². The Hall–Kier alpha value is -6.74. The molecule has 54 heavy (non-hydrogen) atoms. The van der Waals surface area contributed by atoms with Gasteiger partial charge in [0, 0.05) is 82.2 Å². The summed E-state index contributed by atoms with van der Waals surface area (Å²) in [6.07, 6.45) is 11.0. The lowest BCUT2D eigenvalue weighted by Crippen LogP contribution is -2.51. The quantitative estimate of drug-likeness (QED) is 0.223. The van der Waals surface area contributed by atoms with Crippen LogP contribution < -0.4 is 15.5 Å². The Labute approximate surface area is 312 Å². The van der Waals surface area contributed by atoms with Crippen LogP contribution in [0, 0.1) is 6.92 Å². The number of urea groups is 1. The van der Waals surface area contributed by atoms with Crippen LogP contribution in [0.2, 0.25) is 0 Å². The number of fused-ring (bicyclic) bond motifs is 2. The number of hydrogen-bond donors (Lipinski definition) is 3. The highest BCUT2D eigenvalue weighted by Gasteiger charge is 2.27. The topological polar surface area (TPSA) is 159 Å². The Morgan fingerprint density at radius 2 is 1.63 bits per heavy atom. The van der Waals surface area contributed by atoms with Crippen LogP contribution in [0.4, 0.5) is 26.8 Å². The van der Waals surface area contributed by atoms with Crippen LogP contribution in [0.5, 0.6) is 5.75 Å². The van der Waals surface area contributed by atoms with Crippen molar-refractivity contribution in [1.82, 2.24) is 44.0 Å². The SMILES string of the molecule is Cc1cc(C(=O)N2Cc3cnn(C)c3Nc3ccccc32)ccc1CNC(=O)N1CCN(Cc2cccc(O)c2)CC1.O=C(n1ccnc1)n1ccnc1. The first-order valence-electron chi connectivity index (χ1n) is 17.6. The minimum absolute atomic E-state index is 0.0903. The summed E-state index contributed by atoms with van der Waals surface area (Å²) in [7, 11) is 1.88. The van der Waals surface area contributed by atoms with Crippen LogP contribution >= 0.6 is 0 Å². The number of benzene rings is 3. The first-order chi connectivity index (χ1) is 26.2. The monoisotopic (exact) mass is 727 g/mol. The predicted molar refractivity (Wildman–Crippen MR) is 202 cm³/mol. The fraction of sp³-hybridized carbons (Fsp3) is 0.231. The number of rotatable bonds is 5. The van der Waals surface area contributed by atoms with Crippen molar-refractivity contribution in [3.63, 3.8) is 0 Å². The summed E-state index contributed by atoms with van der Waals surface area (Å²) < 4.78 is 4.54. The van der Waals surface area contributed by atoms with E-state index in [2.05, 4.69) is 30.6 Å². The van der Waals surface area contributed by atoms with Crippen molar-refractivity contribution in [1.29, 1.82) is 0 Å². The molecule has 0 atom stereocenters. The molecule has 0 saturated carbocycles. The molecule has 0 aliphatic carbocycles. The Kier molecular flexibility index (Phi) is 10.5. The van der Waals surface area contributed by atoms with Gasteiger partial charge < -0.3 is 25.5 Å². The highest BCUT2D eigenvalue weighted by atomic mass is 16.3. The number of hydrogen-bond acceptors (Lipinski definition) is 9. The lowest BCUT2D eigenvalue weighted by atomic mass is 10.0. The molecule has 0 spiro atoms. The Bertz CT molecular complexity index is 2200. The van der Waals surface area contributed by atoms with E-state index in [4.69, 9.17) is 0 Å². The van der Waals surface area contributed by atoms with E-state index in [-0.39, 0.29) is 23.7 Å². The van der Waals surface area contributed by atoms with Crippen LogP contribution in [0.3, 0.4) is 0 Å². The maximum atomic E-state index is 13.8. The summed E-state index contributed by atoms with van der Waals surface area (Å²) in [4.78, 5) is 51.6. The third kappa shape index (κ3) is 8.00. The van der Waals surface area contributed by atoms with E-state index < -0.39 is 0 Å². The second kappa shape index (κ2) is 15.9. The molecular weight excluding hydrogens is 687 g/mol. The van der Waals surface area contributed by atoms with E-state index in [1.54, 1.807) is 52.7 Å². The van der Waals surface area contributed by atoms with Crippen LogP contribution in [-0.4, -0.2) is 87.9 Å². The number of aromatic hydroxyl groups is 1. The van der Waals surface area contributed by atoms with E-state index in [1.807, 2.05) is 73.5 Å². The zero-order valence-electron chi connectivity index (χ0n) is 30.0. The fourth-order valence-corrected chi connectivity index (χ4v) is 6.50. The lowest BCUT2D eigenvalue weighted by Gasteiger charge is -2.34. The van der Waals surface area contributed by atoms with Crippen LogP contribution in [-0.2, 0) is 26.7 Å². The van der Waals surface area contributed by atoms with Gasteiger partial charge in [0.15, 0.2) is 0 Å². The molecule has 3 aromatic heterocycles. The molecule has 3 amide bonds. The molecule has 2 aliphatic rings. The molecule has 2 aliphatic heterocycles. The average molecular weight is 728 g/mol. The van der Waals surface area contributed by atoms with E-state index in [0.29, 0.717) is 31.7 Å². The molecule has 3 aromatic carbocycles. The van der Waals surface area contributed by atoms with Gasteiger partial charge in [0.05, 0.1) is 24.1 Å². The molecule has 276 valence electrons. The third-order valence-corrected chi connectivity index (χ3v) is 9.48. The molecule has 3 N–H and O–H groups in total. The van der Waals surface area contributed by atoms with Crippen molar-refractivity contribution < 1.29 is 19.5 Å². The number of aromatic nitrogens is 6. The van der Waals surface area contributed by atoms with Crippen molar-refractivity contribution in [2.45, 2.75) is 26.6 Å². The molecule has 0 bridgehead atoms. The first-order valence-corrected chi connectivity index (χ1v) is 17.6. The number of aryl methyl sites for hydroxylation is 2. The number of phenols is 1. The smallest absolute Gasteiger partial charge is 0.338 e. The highest BCUT2D eigenvalue weighted by molar-refractivity contribution is 6.08. The Morgan fingerprint density at radius 1 is 0.889 bits per heavy atom. The molecule has 15 heteroatoms. The molecule has 15 nitrogen and oxygen atoms in total. The van der Waals surface area contributed by atoms with Gasteiger partial charge >= 0.3 is 12.1 Å². The second-order valence-corrected chi connectivity index (χ2v) is 13.1. The average Bonchev–Trinajstić information content (AvgIpc) is 3.97. The van der Waals surface area contributed by atoms with Gasteiger partial charge in [-0.15, -0.1) is 0 Å². The molecule has 0 radical (unpaired) electrons. The number of nitrogens with one attached hydrogen (secondary N) is 2. The van der Waals surface area contributed by atoms with Crippen LogP contribution in [0.1, 0.15) is 32.6 Å². The highest BCUT2D eigenvalue weighted by Crippen LogP contribution is 2.36. The number of carbonyl (C=O) groups excluding carboxylic acids is 3. The maximum Gasteiger partial charge on any atom is 0.338 e. The van der Waals surface area contributed by atoms with Gasteiger partial charge in [-0.2, -0.15) is 5.10 Å². The summed E-state index contributed by atoms with van der Waals surface area (Å²) in [5.74, 6) is 1.05. The summed E-state index contributed by atoms with van der Waals surface area (Å²) in [5.41, 5.74) is 6.17. The van der Waals surface area contributed by atoms with Crippen molar-refractivity contribution in [3.05, 3.63) is 138 Å². The number of para-hydroxylation sites is 2. The number of nitrogens with zero attached hydrogens (tertiary/aromatic N) is 9. The minimum atomic E-state index is -0.190. The lowest BCUT2D eigenvalue weighted by molar-refractivity contribution is 0.0985. The van der Waals surface area contributed by atoms with Crippen molar-refractivity contribution in [3.8, 4) is 5.75 Å². The Balaban J connectivity index is 0.000000317. The third-order valence-electron chi connectivity index (χ3n) is 9.48. The molecule has 8 rings (SSSR count). The fourth-order valence-electron chi connectivity index (χ4n) is 6.50. The normalized spacial score (nSPS) is 13.8. The van der Waals surface area contributed by atoms with Gasteiger partial charge in [-0.1, -0.05) is 30.3 Å². The molecule has 1 saturated heterocycles. The van der Waals surface area contributed by atoms with Gasteiger partial charge in [0.2, 0.25) is 0 Å². The zero-order chi connectivity index (χ0) is 37.6. The van der Waals surface area contributed by atoms with E-state index >= 15 is 0 Å². The van der Waals surface area contributed by atoms with E-state index in [9.17, 15) is 19.5 Å². The van der Waals surface area contributed by atoms with E-state index in [0.717, 1.165) is 59.1 Å².